The molecule has 0 atom stereocenters. The van der Waals surface area contributed by atoms with E-state index in [4.69, 9.17) is 22.1 Å². The average Bonchev–Trinajstić information content (AvgIpc) is 2.48. The summed E-state index contributed by atoms with van der Waals surface area (Å²) in [6.45, 7) is 2.50. The maximum Gasteiger partial charge on any atom is 0.159 e. The number of halogens is 1. The molecule has 0 fully saturated rings. The van der Waals surface area contributed by atoms with Gasteiger partial charge in [-0.25, -0.2) is 4.98 Å². The molecule has 2 heterocycles. The lowest BCUT2D eigenvalue weighted by molar-refractivity contribution is 0.357. The number of hydrogen-bond acceptors (Lipinski definition) is 3. The Bertz CT molecular complexity index is 338. The molecule has 0 unspecified atom stereocenters. The van der Waals surface area contributed by atoms with E-state index in [0.29, 0.717) is 23.2 Å². The second-order valence-electron chi connectivity index (χ2n) is 2.81. The average molecular weight is 185 g/mol. The molecule has 0 amide bonds. The van der Waals surface area contributed by atoms with Gasteiger partial charge in [-0.1, -0.05) is 11.6 Å². The molecule has 0 spiro atoms. The summed E-state index contributed by atoms with van der Waals surface area (Å²) in [6.07, 6.45) is 0.805. The van der Waals surface area contributed by atoms with Crippen LogP contribution in [0.2, 0.25) is 5.02 Å². The third kappa shape index (κ3) is 0.932. The second kappa shape index (κ2) is 2.52. The van der Waals surface area contributed by atoms with Crippen LogP contribution >= 0.6 is 11.6 Å². The van der Waals surface area contributed by atoms with Gasteiger partial charge in [0.1, 0.15) is 5.82 Å². The molecular weight excluding hydrogens is 176 g/mol. The van der Waals surface area contributed by atoms with E-state index in [2.05, 4.69) is 4.98 Å². The molecule has 0 aromatic carbocycles. The summed E-state index contributed by atoms with van der Waals surface area (Å²) in [5.41, 5.74) is 7.32. The van der Waals surface area contributed by atoms with Crippen molar-refractivity contribution in [2.45, 2.75) is 13.3 Å². The summed E-state index contributed by atoms with van der Waals surface area (Å²) in [5.74, 6) is 1.22. The van der Waals surface area contributed by atoms with Crippen molar-refractivity contribution < 1.29 is 4.74 Å². The van der Waals surface area contributed by atoms with Crippen LogP contribution in [-0.2, 0) is 6.42 Å². The van der Waals surface area contributed by atoms with Crippen LogP contribution in [0, 0.1) is 6.92 Å². The summed E-state index contributed by atoms with van der Waals surface area (Å²) in [7, 11) is 0. The van der Waals surface area contributed by atoms with Gasteiger partial charge in [0.25, 0.3) is 0 Å². The number of anilines is 1. The van der Waals surface area contributed by atoms with Gasteiger partial charge in [-0.3, -0.25) is 0 Å². The molecule has 1 aromatic heterocycles. The van der Waals surface area contributed by atoms with E-state index in [0.717, 1.165) is 17.7 Å². The smallest absolute Gasteiger partial charge is 0.159 e. The van der Waals surface area contributed by atoms with Crippen molar-refractivity contribution >= 4 is 17.4 Å². The first-order valence-corrected chi connectivity index (χ1v) is 4.15. The lowest BCUT2D eigenvalue weighted by Gasteiger charge is -2.06. The number of fused-ring (bicyclic) bond motifs is 1. The molecule has 2 rings (SSSR count). The molecule has 3 nitrogen and oxygen atoms in total. The highest BCUT2D eigenvalue weighted by Crippen LogP contribution is 2.36. The fourth-order valence-corrected chi connectivity index (χ4v) is 1.52. The molecule has 12 heavy (non-hydrogen) atoms. The number of ether oxygens (including phenoxy) is 1. The first kappa shape index (κ1) is 7.68. The number of nitrogen functional groups attached to an aromatic ring is 1. The van der Waals surface area contributed by atoms with E-state index in [1.165, 1.54) is 0 Å². The lowest BCUT2D eigenvalue weighted by Crippen LogP contribution is -1.97. The Morgan fingerprint density at radius 1 is 1.58 bits per heavy atom. The predicted molar refractivity (Wildman–Crippen MR) is 47.6 cm³/mol. The number of nitrogens with zero attached hydrogens (tertiary/aromatic N) is 1. The van der Waals surface area contributed by atoms with Crippen LogP contribution in [0.1, 0.15) is 11.3 Å². The van der Waals surface area contributed by atoms with Gasteiger partial charge in [-0.2, -0.15) is 0 Å². The Morgan fingerprint density at radius 2 is 2.33 bits per heavy atom. The van der Waals surface area contributed by atoms with Gasteiger partial charge in [-0.05, 0) is 6.92 Å². The highest BCUT2D eigenvalue weighted by Gasteiger charge is 2.20. The summed E-state index contributed by atoms with van der Waals surface area (Å²) in [5, 5.41) is 0.606. The quantitative estimate of drug-likeness (QED) is 0.666. The summed E-state index contributed by atoms with van der Waals surface area (Å²) >= 11 is 6.00. The number of hydrogen-bond donors (Lipinski definition) is 1. The van der Waals surface area contributed by atoms with Gasteiger partial charge < -0.3 is 10.5 Å². The Balaban J connectivity index is 2.67. The van der Waals surface area contributed by atoms with Crippen molar-refractivity contribution in [3.05, 3.63) is 16.3 Å². The van der Waals surface area contributed by atoms with Crippen molar-refractivity contribution in [3.63, 3.8) is 0 Å². The Hall–Kier alpha value is -0.960. The van der Waals surface area contributed by atoms with E-state index in [1.807, 2.05) is 6.92 Å². The molecule has 1 aliphatic heterocycles. The minimum absolute atomic E-state index is 0.504. The first-order valence-electron chi connectivity index (χ1n) is 3.77. The van der Waals surface area contributed by atoms with Crippen molar-refractivity contribution in [2.75, 3.05) is 12.3 Å². The molecule has 0 saturated carbocycles. The SMILES string of the molecule is Cc1c(N)nc2c(c1Cl)OCC2. The minimum atomic E-state index is 0.504. The Labute approximate surface area is 75.5 Å². The first-order chi connectivity index (χ1) is 5.70. The highest BCUT2D eigenvalue weighted by atomic mass is 35.5. The minimum Gasteiger partial charge on any atom is -0.490 e. The van der Waals surface area contributed by atoms with Gasteiger partial charge >= 0.3 is 0 Å². The predicted octanol–water partition coefficient (Wildman–Crippen LogP) is 1.56. The number of aromatic nitrogens is 1. The lowest BCUT2D eigenvalue weighted by atomic mass is 10.2. The third-order valence-electron chi connectivity index (χ3n) is 2.02. The van der Waals surface area contributed by atoms with E-state index in [-0.39, 0.29) is 0 Å². The molecule has 64 valence electrons. The zero-order valence-electron chi connectivity index (χ0n) is 6.72. The molecular formula is C8H9ClN2O. The van der Waals surface area contributed by atoms with Gasteiger partial charge in [0.05, 0.1) is 17.3 Å². The van der Waals surface area contributed by atoms with E-state index in [9.17, 15) is 0 Å². The summed E-state index contributed by atoms with van der Waals surface area (Å²) in [6, 6.07) is 0. The number of pyridine rings is 1. The second-order valence-corrected chi connectivity index (χ2v) is 3.19. The topological polar surface area (TPSA) is 48.1 Å². The van der Waals surface area contributed by atoms with Crippen LogP contribution in [0.3, 0.4) is 0 Å². The molecule has 0 aliphatic carbocycles. The van der Waals surface area contributed by atoms with Crippen LogP contribution in [-0.4, -0.2) is 11.6 Å². The van der Waals surface area contributed by atoms with Crippen molar-refractivity contribution in [1.29, 1.82) is 0 Å². The monoisotopic (exact) mass is 184 g/mol. The molecule has 1 aromatic rings. The summed E-state index contributed by atoms with van der Waals surface area (Å²) < 4.78 is 5.32. The largest absolute Gasteiger partial charge is 0.490 e. The van der Waals surface area contributed by atoms with Crippen LogP contribution in [0.5, 0.6) is 5.75 Å². The number of nitrogens with two attached hydrogens (primary N) is 1. The maximum atomic E-state index is 6.00. The van der Waals surface area contributed by atoms with Crippen LogP contribution in [0.15, 0.2) is 0 Å². The zero-order chi connectivity index (χ0) is 8.72. The summed E-state index contributed by atoms with van der Waals surface area (Å²) in [4.78, 5) is 4.18. The van der Waals surface area contributed by atoms with Crippen LogP contribution < -0.4 is 10.5 Å². The van der Waals surface area contributed by atoms with Gasteiger partial charge in [0.2, 0.25) is 0 Å². The molecule has 2 N–H and O–H groups in total. The number of rotatable bonds is 0. The molecule has 0 bridgehead atoms. The van der Waals surface area contributed by atoms with Crippen LogP contribution in [0.25, 0.3) is 0 Å². The van der Waals surface area contributed by atoms with Crippen molar-refractivity contribution in [1.82, 2.24) is 4.98 Å². The maximum absolute atomic E-state index is 6.00. The Morgan fingerprint density at radius 3 is 3.08 bits per heavy atom. The third-order valence-corrected chi connectivity index (χ3v) is 2.47. The van der Waals surface area contributed by atoms with E-state index >= 15 is 0 Å². The van der Waals surface area contributed by atoms with Gasteiger partial charge in [0, 0.05) is 12.0 Å². The highest BCUT2D eigenvalue weighted by molar-refractivity contribution is 6.33. The molecule has 0 radical (unpaired) electrons. The standard InChI is InChI=1S/C8H9ClN2O/c1-4-6(9)7-5(2-3-12-7)11-8(4)10/h2-3H2,1H3,(H2,10,11). The fraction of sp³-hybridized carbons (Fsp3) is 0.375. The van der Waals surface area contributed by atoms with Crippen molar-refractivity contribution in [2.24, 2.45) is 0 Å². The Kier molecular flexibility index (Phi) is 1.61. The van der Waals surface area contributed by atoms with Crippen LogP contribution in [0.4, 0.5) is 5.82 Å². The van der Waals surface area contributed by atoms with E-state index < -0.39 is 0 Å². The van der Waals surface area contributed by atoms with E-state index in [1.54, 1.807) is 0 Å². The zero-order valence-corrected chi connectivity index (χ0v) is 7.48. The normalized spacial score (nSPS) is 14.2. The van der Waals surface area contributed by atoms with Gasteiger partial charge in [-0.15, -0.1) is 0 Å². The van der Waals surface area contributed by atoms with Gasteiger partial charge in [0.15, 0.2) is 5.75 Å². The fourth-order valence-electron chi connectivity index (χ4n) is 1.26. The molecule has 0 saturated heterocycles. The van der Waals surface area contributed by atoms with Crippen molar-refractivity contribution in [3.8, 4) is 5.75 Å². The molecule has 1 aliphatic rings. The molecule has 4 heteroatoms.